The number of fused-ring (bicyclic) bond motifs is 1. The molecule has 0 aromatic carbocycles. The van der Waals surface area contributed by atoms with Crippen LogP contribution in [0.4, 0.5) is 0 Å². The Balaban J connectivity index is 1.45. The molecule has 1 aliphatic heterocycles. The van der Waals surface area contributed by atoms with Crippen LogP contribution in [0.1, 0.15) is 17.1 Å². The maximum absolute atomic E-state index is 4.76. The molecular weight excluding hydrogens is 276 g/mol. The van der Waals surface area contributed by atoms with Gasteiger partial charge in [-0.3, -0.25) is 14.6 Å². The molecule has 3 aromatic rings. The van der Waals surface area contributed by atoms with Gasteiger partial charge in [-0.05, 0) is 17.7 Å². The molecule has 0 amide bonds. The van der Waals surface area contributed by atoms with Gasteiger partial charge in [-0.15, -0.1) is 0 Å². The fraction of sp³-hybridized carbons (Fsp3) is 0.312. The Morgan fingerprint density at radius 1 is 1.09 bits per heavy atom. The Morgan fingerprint density at radius 3 is 2.91 bits per heavy atom. The Hall–Kier alpha value is -2.47. The predicted molar refractivity (Wildman–Crippen MR) is 81.9 cm³/mol. The standard InChI is InChI=1S/C16H18N6/c1-3-14(9-17-4-1)10-20-7-8-21-11-15(19-16(21)13-20)12-22-6-2-5-18-22/h1-6,9,11H,7-8,10,12-13H2. The summed E-state index contributed by atoms with van der Waals surface area (Å²) in [5, 5.41) is 4.24. The quantitative estimate of drug-likeness (QED) is 0.732. The van der Waals surface area contributed by atoms with Crippen molar-refractivity contribution < 1.29 is 0 Å². The molecule has 112 valence electrons. The van der Waals surface area contributed by atoms with Crippen LogP contribution in [0.25, 0.3) is 0 Å². The van der Waals surface area contributed by atoms with Crippen LogP contribution in [0.15, 0.2) is 49.2 Å². The third-order valence-corrected chi connectivity index (χ3v) is 3.94. The monoisotopic (exact) mass is 294 g/mol. The summed E-state index contributed by atoms with van der Waals surface area (Å²) in [6.07, 6.45) is 9.66. The topological polar surface area (TPSA) is 51.8 Å². The molecule has 0 unspecified atom stereocenters. The zero-order valence-electron chi connectivity index (χ0n) is 12.3. The van der Waals surface area contributed by atoms with Gasteiger partial charge in [-0.1, -0.05) is 6.07 Å². The number of imidazole rings is 1. The maximum Gasteiger partial charge on any atom is 0.123 e. The summed E-state index contributed by atoms with van der Waals surface area (Å²) in [5.74, 6) is 1.14. The molecule has 0 N–H and O–H groups in total. The molecule has 0 spiro atoms. The largest absolute Gasteiger partial charge is 0.332 e. The summed E-state index contributed by atoms with van der Waals surface area (Å²) in [4.78, 5) is 11.4. The van der Waals surface area contributed by atoms with E-state index in [4.69, 9.17) is 4.98 Å². The molecule has 0 saturated carbocycles. The van der Waals surface area contributed by atoms with E-state index in [1.54, 1.807) is 6.20 Å². The Bertz CT molecular complexity index is 731. The first-order valence-corrected chi connectivity index (χ1v) is 7.50. The van der Waals surface area contributed by atoms with Gasteiger partial charge >= 0.3 is 0 Å². The van der Waals surface area contributed by atoms with Gasteiger partial charge < -0.3 is 4.57 Å². The second-order valence-electron chi connectivity index (χ2n) is 5.62. The van der Waals surface area contributed by atoms with E-state index in [2.05, 4.69) is 31.8 Å². The molecule has 0 radical (unpaired) electrons. The highest BCUT2D eigenvalue weighted by Gasteiger charge is 2.18. The highest BCUT2D eigenvalue weighted by atomic mass is 15.3. The molecule has 0 fully saturated rings. The van der Waals surface area contributed by atoms with Gasteiger partial charge in [0, 0.05) is 50.6 Å². The van der Waals surface area contributed by atoms with Gasteiger partial charge in [0.25, 0.3) is 0 Å². The summed E-state index contributed by atoms with van der Waals surface area (Å²) in [5.41, 5.74) is 2.32. The van der Waals surface area contributed by atoms with E-state index in [1.165, 1.54) is 5.56 Å². The van der Waals surface area contributed by atoms with Crippen LogP contribution in [0.2, 0.25) is 0 Å². The van der Waals surface area contributed by atoms with Crippen molar-refractivity contribution in [3.8, 4) is 0 Å². The predicted octanol–water partition coefficient (Wildman–Crippen LogP) is 1.54. The molecule has 4 heterocycles. The van der Waals surface area contributed by atoms with Crippen LogP contribution in [0.5, 0.6) is 0 Å². The van der Waals surface area contributed by atoms with Crippen LogP contribution < -0.4 is 0 Å². The lowest BCUT2D eigenvalue weighted by Crippen LogP contribution is -2.33. The van der Waals surface area contributed by atoms with Crippen molar-refractivity contribution in [3.63, 3.8) is 0 Å². The molecule has 0 aliphatic carbocycles. The van der Waals surface area contributed by atoms with Gasteiger partial charge in [0.1, 0.15) is 5.82 Å². The van der Waals surface area contributed by atoms with Crippen LogP contribution >= 0.6 is 0 Å². The first-order chi connectivity index (χ1) is 10.9. The third kappa shape index (κ3) is 2.78. The van der Waals surface area contributed by atoms with Gasteiger partial charge in [0.05, 0.1) is 18.8 Å². The summed E-state index contributed by atoms with van der Waals surface area (Å²) < 4.78 is 4.17. The molecule has 1 aliphatic rings. The molecular formula is C16H18N6. The Morgan fingerprint density at radius 2 is 2.09 bits per heavy atom. The van der Waals surface area contributed by atoms with Crippen molar-refractivity contribution in [2.24, 2.45) is 0 Å². The molecule has 3 aromatic heterocycles. The number of nitrogens with zero attached hydrogens (tertiary/aromatic N) is 6. The normalized spacial score (nSPS) is 14.9. The second-order valence-corrected chi connectivity index (χ2v) is 5.62. The number of aromatic nitrogens is 5. The van der Waals surface area contributed by atoms with E-state index >= 15 is 0 Å². The highest BCUT2D eigenvalue weighted by Crippen LogP contribution is 2.15. The van der Waals surface area contributed by atoms with Gasteiger partial charge in [-0.25, -0.2) is 4.98 Å². The zero-order chi connectivity index (χ0) is 14.8. The van der Waals surface area contributed by atoms with E-state index in [0.29, 0.717) is 0 Å². The lowest BCUT2D eigenvalue weighted by atomic mass is 10.2. The van der Waals surface area contributed by atoms with Gasteiger partial charge in [0.2, 0.25) is 0 Å². The lowest BCUT2D eigenvalue weighted by Gasteiger charge is -2.27. The summed E-state index contributed by atoms with van der Waals surface area (Å²) >= 11 is 0. The van der Waals surface area contributed by atoms with E-state index in [1.807, 2.05) is 35.4 Å². The smallest absolute Gasteiger partial charge is 0.123 e. The minimum atomic E-state index is 0.732. The third-order valence-electron chi connectivity index (χ3n) is 3.94. The van der Waals surface area contributed by atoms with Crippen LogP contribution in [0.3, 0.4) is 0 Å². The van der Waals surface area contributed by atoms with E-state index in [-0.39, 0.29) is 0 Å². The van der Waals surface area contributed by atoms with Crippen molar-refractivity contribution in [3.05, 3.63) is 66.3 Å². The first kappa shape index (κ1) is 13.2. The second kappa shape index (κ2) is 5.73. The minimum Gasteiger partial charge on any atom is -0.332 e. The average molecular weight is 294 g/mol. The number of hydrogen-bond donors (Lipinski definition) is 0. The molecule has 6 nitrogen and oxygen atoms in total. The lowest BCUT2D eigenvalue weighted by molar-refractivity contribution is 0.208. The highest BCUT2D eigenvalue weighted by molar-refractivity contribution is 5.10. The fourth-order valence-corrected chi connectivity index (χ4v) is 2.88. The minimum absolute atomic E-state index is 0.732. The van der Waals surface area contributed by atoms with Crippen molar-refractivity contribution >= 4 is 0 Å². The van der Waals surface area contributed by atoms with Crippen molar-refractivity contribution in [2.45, 2.75) is 26.2 Å². The Kier molecular flexibility index (Phi) is 3.44. The van der Waals surface area contributed by atoms with E-state index < -0.39 is 0 Å². The molecule has 4 rings (SSSR count). The van der Waals surface area contributed by atoms with Gasteiger partial charge in [-0.2, -0.15) is 5.10 Å². The molecule has 0 saturated heterocycles. The van der Waals surface area contributed by atoms with Crippen molar-refractivity contribution in [1.82, 2.24) is 29.2 Å². The van der Waals surface area contributed by atoms with Crippen LogP contribution in [-0.2, 0) is 26.2 Å². The van der Waals surface area contributed by atoms with Crippen molar-refractivity contribution in [2.75, 3.05) is 6.54 Å². The molecule has 22 heavy (non-hydrogen) atoms. The van der Waals surface area contributed by atoms with Crippen LogP contribution in [0, 0.1) is 0 Å². The van der Waals surface area contributed by atoms with E-state index in [9.17, 15) is 0 Å². The molecule has 0 atom stereocenters. The number of pyridine rings is 1. The SMILES string of the molecule is c1cncc(CN2CCn3cc(Cn4cccn4)nc3C2)c1. The Labute approximate surface area is 129 Å². The fourth-order valence-electron chi connectivity index (χ4n) is 2.88. The number of rotatable bonds is 4. The average Bonchev–Trinajstić information content (AvgIpc) is 3.17. The van der Waals surface area contributed by atoms with Gasteiger partial charge in [0.15, 0.2) is 0 Å². The van der Waals surface area contributed by atoms with Crippen LogP contribution in [-0.4, -0.2) is 35.8 Å². The summed E-state index contributed by atoms with van der Waals surface area (Å²) in [6.45, 7) is 4.57. The molecule has 0 bridgehead atoms. The van der Waals surface area contributed by atoms with Crippen molar-refractivity contribution in [1.29, 1.82) is 0 Å². The summed E-state index contributed by atoms with van der Waals surface area (Å²) in [6, 6.07) is 6.05. The molecule has 6 heteroatoms. The van der Waals surface area contributed by atoms with E-state index in [0.717, 1.165) is 44.2 Å². The maximum atomic E-state index is 4.76. The summed E-state index contributed by atoms with van der Waals surface area (Å²) in [7, 11) is 0. The zero-order valence-corrected chi connectivity index (χ0v) is 12.3. The first-order valence-electron chi connectivity index (χ1n) is 7.50. The number of hydrogen-bond acceptors (Lipinski definition) is 4.